The molecule has 0 unspecified atom stereocenters. The van der Waals surface area contributed by atoms with Crippen LogP contribution in [0, 0.1) is 13.8 Å². The van der Waals surface area contributed by atoms with Crippen molar-refractivity contribution in [2.45, 2.75) is 26.8 Å². The topological polar surface area (TPSA) is 86.3 Å². The first-order valence-electron chi connectivity index (χ1n) is 6.82. The van der Waals surface area contributed by atoms with Crippen LogP contribution in [0.2, 0.25) is 0 Å². The Morgan fingerprint density at radius 2 is 2.14 bits per heavy atom. The number of hydrogen-bond donors (Lipinski definition) is 2. The molecule has 0 atom stereocenters. The van der Waals surface area contributed by atoms with E-state index in [1.807, 2.05) is 13.8 Å². The number of nitrogens with one attached hydrogen (secondary N) is 1. The molecule has 3 N–H and O–H groups in total. The third-order valence-corrected chi connectivity index (χ3v) is 4.47. The number of carbonyl (C=O) groups is 1. The fourth-order valence-electron chi connectivity index (χ4n) is 2.04. The Morgan fingerprint density at radius 1 is 1.41 bits per heavy atom. The molecule has 7 heteroatoms. The molecule has 2 aromatic rings. The van der Waals surface area contributed by atoms with Crippen molar-refractivity contribution in [2.75, 3.05) is 18.2 Å². The Morgan fingerprint density at radius 3 is 2.73 bits per heavy atom. The number of rotatable bonds is 5. The Labute approximate surface area is 132 Å². The molecule has 1 amide bonds. The molecule has 22 heavy (non-hydrogen) atoms. The molecule has 6 nitrogen and oxygen atoms in total. The summed E-state index contributed by atoms with van der Waals surface area (Å²) >= 11 is 1.20. The van der Waals surface area contributed by atoms with Gasteiger partial charge in [0.05, 0.1) is 18.5 Å². The molecule has 2 rings (SSSR count). The fraction of sp³-hybridized carbons (Fsp3) is 0.333. The minimum absolute atomic E-state index is 0.0382. The van der Waals surface area contributed by atoms with Gasteiger partial charge >= 0.3 is 4.87 Å². The Hall–Kier alpha value is -2.28. The smallest absolute Gasteiger partial charge is 0.307 e. The van der Waals surface area contributed by atoms with Gasteiger partial charge in [0.1, 0.15) is 5.75 Å². The van der Waals surface area contributed by atoms with E-state index in [0.717, 1.165) is 10.6 Å². The summed E-state index contributed by atoms with van der Waals surface area (Å²) in [5.74, 6) is 0.417. The summed E-state index contributed by atoms with van der Waals surface area (Å²) in [4.78, 5) is 24.8. The molecule has 0 aliphatic rings. The Balaban J connectivity index is 2.03. The molecule has 1 aromatic carbocycles. The van der Waals surface area contributed by atoms with E-state index in [1.165, 1.54) is 11.3 Å². The van der Waals surface area contributed by atoms with Crippen LogP contribution in [0.25, 0.3) is 0 Å². The first-order valence-corrected chi connectivity index (χ1v) is 7.64. The molecule has 0 bridgehead atoms. The van der Waals surface area contributed by atoms with Crippen LogP contribution < -0.4 is 20.7 Å². The van der Waals surface area contributed by atoms with Crippen LogP contribution in [-0.4, -0.2) is 17.6 Å². The normalized spacial score (nSPS) is 10.5. The van der Waals surface area contributed by atoms with Crippen LogP contribution in [0.1, 0.15) is 17.0 Å². The number of nitrogens with two attached hydrogens (primary N) is 1. The summed E-state index contributed by atoms with van der Waals surface area (Å²) in [6.45, 7) is 4.13. The molecule has 0 saturated carbocycles. The van der Waals surface area contributed by atoms with Crippen LogP contribution >= 0.6 is 11.3 Å². The number of carbonyl (C=O) groups excluding carboxylic acids is 1. The number of aromatic nitrogens is 1. The van der Waals surface area contributed by atoms with Gasteiger partial charge in [-0.2, -0.15) is 0 Å². The van der Waals surface area contributed by atoms with Gasteiger partial charge in [0.15, 0.2) is 0 Å². The zero-order valence-corrected chi connectivity index (χ0v) is 13.6. The van der Waals surface area contributed by atoms with E-state index >= 15 is 0 Å². The highest BCUT2D eigenvalue weighted by atomic mass is 32.1. The Bertz CT molecular complexity index is 749. The molecular formula is C15H19N3O3S. The number of nitrogens with zero attached hydrogens (tertiary/aromatic N) is 1. The largest absolute Gasteiger partial charge is 0.497 e. The van der Waals surface area contributed by atoms with Gasteiger partial charge in [-0.05, 0) is 26.0 Å². The van der Waals surface area contributed by atoms with Crippen LogP contribution in [0.15, 0.2) is 23.0 Å². The molecule has 118 valence electrons. The minimum atomic E-state index is -0.199. The summed E-state index contributed by atoms with van der Waals surface area (Å²) in [5.41, 5.74) is 7.71. The molecule has 0 saturated heterocycles. The van der Waals surface area contributed by atoms with E-state index in [1.54, 1.807) is 29.9 Å². The number of methoxy groups -OCH3 is 1. The van der Waals surface area contributed by atoms with Gasteiger partial charge in [0.2, 0.25) is 5.91 Å². The highest BCUT2D eigenvalue weighted by Gasteiger charge is 2.11. The van der Waals surface area contributed by atoms with E-state index in [9.17, 15) is 9.59 Å². The lowest BCUT2D eigenvalue weighted by Crippen LogP contribution is -2.20. The second-order valence-corrected chi connectivity index (χ2v) is 6.08. The first kappa shape index (κ1) is 16.1. The zero-order chi connectivity index (χ0) is 16.3. The predicted molar refractivity (Wildman–Crippen MR) is 88.7 cm³/mol. The third kappa shape index (κ3) is 3.48. The van der Waals surface area contributed by atoms with Gasteiger partial charge in [-0.3, -0.25) is 9.59 Å². The van der Waals surface area contributed by atoms with E-state index in [-0.39, 0.29) is 17.2 Å². The number of hydrogen-bond acceptors (Lipinski definition) is 5. The maximum absolute atomic E-state index is 12.0. The predicted octanol–water partition coefficient (Wildman–Crippen LogP) is 2.15. The zero-order valence-electron chi connectivity index (χ0n) is 12.8. The van der Waals surface area contributed by atoms with Gasteiger partial charge < -0.3 is 20.4 Å². The molecule has 0 aliphatic heterocycles. The quantitative estimate of drug-likeness (QED) is 0.826. The first-order chi connectivity index (χ1) is 10.4. The van der Waals surface area contributed by atoms with Gasteiger partial charge in [-0.15, -0.1) is 0 Å². The number of anilines is 2. The van der Waals surface area contributed by atoms with E-state index in [2.05, 4.69) is 5.32 Å². The molecule has 0 spiro atoms. The van der Waals surface area contributed by atoms with Crippen LogP contribution in [0.4, 0.5) is 11.4 Å². The average Bonchev–Trinajstić information content (AvgIpc) is 2.72. The average molecular weight is 321 g/mol. The van der Waals surface area contributed by atoms with Gasteiger partial charge in [0.25, 0.3) is 0 Å². The fourth-order valence-corrected chi connectivity index (χ4v) is 2.90. The maximum atomic E-state index is 12.0. The van der Waals surface area contributed by atoms with Crippen molar-refractivity contribution in [3.8, 4) is 5.75 Å². The van der Waals surface area contributed by atoms with Crippen molar-refractivity contribution in [1.82, 2.24) is 4.57 Å². The highest BCUT2D eigenvalue weighted by molar-refractivity contribution is 7.09. The Kier molecular flexibility index (Phi) is 4.87. The highest BCUT2D eigenvalue weighted by Crippen LogP contribution is 2.24. The lowest BCUT2D eigenvalue weighted by molar-refractivity contribution is -0.116. The van der Waals surface area contributed by atoms with E-state index < -0.39 is 0 Å². The summed E-state index contributed by atoms with van der Waals surface area (Å²) < 4.78 is 6.72. The molecule has 1 heterocycles. The molecular weight excluding hydrogens is 302 g/mol. The monoisotopic (exact) mass is 321 g/mol. The van der Waals surface area contributed by atoms with Gasteiger partial charge in [-0.25, -0.2) is 0 Å². The summed E-state index contributed by atoms with van der Waals surface area (Å²) in [5, 5.41) is 2.74. The number of aryl methyl sites for hydroxylation is 1. The molecule has 0 fully saturated rings. The second kappa shape index (κ2) is 6.65. The van der Waals surface area contributed by atoms with Crippen LogP contribution in [-0.2, 0) is 11.3 Å². The van der Waals surface area contributed by atoms with Crippen molar-refractivity contribution in [2.24, 2.45) is 0 Å². The van der Waals surface area contributed by atoms with Gasteiger partial charge in [-0.1, -0.05) is 11.3 Å². The van der Waals surface area contributed by atoms with Crippen molar-refractivity contribution < 1.29 is 9.53 Å². The SMILES string of the molecule is COc1ccc(N)c(NC(=O)CCn2c(C)c(C)sc2=O)c1. The third-order valence-electron chi connectivity index (χ3n) is 3.47. The second-order valence-electron chi connectivity index (χ2n) is 4.91. The van der Waals surface area contributed by atoms with Crippen LogP contribution in [0.3, 0.4) is 0 Å². The van der Waals surface area contributed by atoms with Gasteiger partial charge in [0, 0.05) is 29.6 Å². The summed E-state index contributed by atoms with van der Waals surface area (Å²) in [6, 6.07) is 5.06. The lowest BCUT2D eigenvalue weighted by atomic mass is 10.2. The number of benzene rings is 1. The minimum Gasteiger partial charge on any atom is -0.497 e. The molecule has 1 aromatic heterocycles. The number of amides is 1. The maximum Gasteiger partial charge on any atom is 0.307 e. The van der Waals surface area contributed by atoms with Crippen molar-refractivity contribution >= 4 is 28.6 Å². The van der Waals surface area contributed by atoms with Crippen molar-refractivity contribution in [3.05, 3.63) is 38.4 Å². The van der Waals surface area contributed by atoms with Crippen molar-refractivity contribution in [3.63, 3.8) is 0 Å². The molecule has 0 radical (unpaired) electrons. The number of thiazole rings is 1. The van der Waals surface area contributed by atoms with E-state index in [4.69, 9.17) is 10.5 Å². The summed E-state index contributed by atoms with van der Waals surface area (Å²) in [7, 11) is 1.55. The standard InChI is InChI=1S/C15H19N3O3S/c1-9-10(2)22-15(20)18(9)7-6-14(19)17-13-8-11(21-3)4-5-12(13)16/h4-5,8H,6-7,16H2,1-3H3,(H,17,19). The number of nitrogen functional groups attached to an aromatic ring is 1. The summed E-state index contributed by atoms with van der Waals surface area (Å²) in [6.07, 6.45) is 0.202. The van der Waals surface area contributed by atoms with E-state index in [0.29, 0.717) is 23.7 Å². The lowest BCUT2D eigenvalue weighted by Gasteiger charge is -2.10. The van der Waals surface area contributed by atoms with Crippen LogP contribution in [0.5, 0.6) is 5.75 Å². The van der Waals surface area contributed by atoms with Crippen molar-refractivity contribution in [1.29, 1.82) is 0 Å². The molecule has 0 aliphatic carbocycles. The number of ether oxygens (including phenoxy) is 1.